The van der Waals surface area contributed by atoms with E-state index < -0.39 is 23.9 Å². The molecule has 314 valence electrons. The number of aromatic nitrogens is 4. The monoisotopic (exact) mass is 846 g/mol. The third-order valence-corrected chi connectivity index (χ3v) is 11.2. The first-order valence-electron chi connectivity index (χ1n) is 20.1. The van der Waals surface area contributed by atoms with E-state index in [4.69, 9.17) is 28.9 Å². The van der Waals surface area contributed by atoms with Crippen molar-refractivity contribution in [3.05, 3.63) is 166 Å². The molecule has 0 radical (unpaired) electrons. The molecule has 0 unspecified atom stereocenters. The molecule has 9 rings (SSSR count). The predicted octanol–water partition coefficient (Wildman–Crippen LogP) is 10.5. The van der Waals surface area contributed by atoms with E-state index in [0.717, 1.165) is 0 Å². The van der Waals surface area contributed by atoms with Crippen LogP contribution in [-0.4, -0.2) is 72.3 Å². The van der Waals surface area contributed by atoms with Crippen LogP contribution in [0.2, 0.25) is 0 Å². The Morgan fingerprint density at radius 1 is 0.344 bits per heavy atom. The average Bonchev–Trinajstić information content (AvgIpc) is 4.20. The summed E-state index contributed by atoms with van der Waals surface area (Å²) >= 11 is 0. The summed E-state index contributed by atoms with van der Waals surface area (Å²) in [5.41, 5.74) is 10.0. The number of carbonyl (C=O) groups is 4. The molecule has 5 heterocycles. The molecule has 12 heteroatoms. The molecule has 8 bridgehead atoms. The van der Waals surface area contributed by atoms with Crippen molar-refractivity contribution in [2.75, 3.05) is 28.4 Å². The fourth-order valence-electron chi connectivity index (χ4n) is 8.30. The van der Waals surface area contributed by atoms with Gasteiger partial charge < -0.3 is 28.9 Å². The quantitative estimate of drug-likeness (QED) is 0.111. The molecule has 12 nitrogen and oxygen atoms in total. The van der Waals surface area contributed by atoms with E-state index in [1.54, 1.807) is 48.5 Å². The van der Waals surface area contributed by atoms with Gasteiger partial charge in [0.25, 0.3) is 0 Å². The standard InChI is InChI=1S/C52H38N4O8/c1-61-49(57)33-17-9-5-13-29(33)45-37-21-23-39(53-37)46(30-14-6-10-18-34(30)50(58)62-2)41-25-27-43(55-41)48(32-16-8-12-20-36(32)52(60)64-4)44-28-26-42(56-44)47(40-24-22-38(45)54-40)31-15-7-11-19-35(31)51(59)63-3/h5-28,53,56H,1-4H3. The van der Waals surface area contributed by atoms with Crippen molar-refractivity contribution in [3.8, 4) is 44.5 Å². The van der Waals surface area contributed by atoms with Crippen molar-refractivity contribution in [2.24, 2.45) is 0 Å². The fraction of sp³-hybridized carbons (Fsp3) is 0.0769. The van der Waals surface area contributed by atoms with E-state index in [9.17, 15) is 19.2 Å². The van der Waals surface area contributed by atoms with Gasteiger partial charge in [-0.05, 0) is 72.8 Å². The van der Waals surface area contributed by atoms with Crippen LogP contribution < -0.4 is 0 Å². The van der Waals surface area contributed by atoms with Gasteiger partial charge in [0.2, 0.25) is 0 Å². The van der Waals surface area contributed by atoms with Crippen LogP contribution in [0.15, 0.2) is 121 Å². The maximum absolute atomic E-state index is 13.4. The molecule has 2 N–H and O–H groups in total. The number of nitrogens with one attached hydrogen (secondary N) is 2. The first kappa shape index (κ1) is 40.7. The van der Waals surface area contributed by atoms with Gasteiger partial charge in [-0.1, -0.05) is 72.8 Å². The molecule has 64 heavy (non-hydrogen) atoms. The number of benzene rings is 4. The Balaban J connectivity index is 1.52. The van der Waals surface area contributed by atoms with Gasteiger partial charge in [0.15, 0.2) is 0 Å². The summed E-state index contributed by atoms with van der Waals surface area (Å²) in [4.78, 5) is 71.4. The number of ether oxygens (including phenoxy) is 4. The molecule has 0 saturated heterocycles. The van der Waals surface area contributed by atoms with Gasteiger partial charge in [0, 0.05) is 66.6 Å². The Morgan fingerprint density at radius 3 is 0.781 bits per heavy atom. The number of fused-ring (bicyclic) bond motifs is 8. The van der Waals surface area contributed by atoms with Gasteiger partial charge in [0.1, 0.15) is 0 Å². The number of carbonyl (C=O) groups excluding carboxylic acids is 4. The molecule has 2 aliphatic heterocycles. The van der Waals surface area contributed by atoms with Crippen molar-refractivity contribution in [2.45, 2.75) is 0 Å². The molecular formula is C52H38N4O8. The van der Waals surface area contributed by atoms with Crippen LogP contribution in [0.5, 0.6) is 0 Å². The van der Waals surface area contributed by atoms with Crippen LogP contribution in [0.3, 0.4) is 0 Å². The van der Waals surface area contributed by atoms with E-state index >= 15 is 0 Å². The lowest BCUT2D eigenvalue weighted by molar-refractivity contribution is 0.0592. The second-order valence-corrected chi connectivity index (χ2v) is 14.7. The van der Waals surface area contributed by atoms with Crippen LogP contribution in [0, 0.1) is 0 Å². The lowest BCUT2D eigenvalue weighted by Crippen LogP contribution is -2.04. The van der Waals surface area contributed by atoms with Gasteiger partial charge in [0.05, 0.1) is 73.5 Å². The third-order valence-electron chi connectivity index (χ3n) is 11.2. The SMILES string of the molecule is COC(=O)c1ccccc1-c1c2nc(c(-c3ccccc3C(=O)OC)c3ccc([nH]3)c(-c3ccccc3C(=O)OC)c3nc(c(-c4ccccc4C(=O)OC)c4ccc1[nH]4)C=C3)C=C2. The normalized spacial score (nSPS) is 11.6. The van der Waals surface area contributed by atoms with Gasteiger partial charge in [-0.3, -0.25) is 0 Å². The van der Waals surface area contributed by atoms with Crippen molar-refractivity contribution in [1.82, 2.24) is 19.9 Å². The minimum absolute atomic E-state index is 0.308. The van der Waals surface area contributed by atoms with Crippen molar-refractivity contribution >= 4 is 70.2 Å². The Bertz CT molecular complexity index is 2890. The molecule has 0 atom stereocenters. The first-order valence-corrected chi connectivity index (χ1v) is 20.1. The number of esters is 4. The Labute approximate surface area is 366 Å². The molecule has 0 fully saturated rings. The zero-order chi connectivity index (χ0) is 44.5. The van der Waals surface area contributed by atoms with E-state index in [0.29, 0.717) is 112 Å². The molecule has 2 aliphatic rings. The van der Waals surface area contributed by atoms with Gasteiger partial charge in [-0.15, -0.1) is 0 Å². The van der Waals surface area contributed by atoms with Crippen LogP contribution in [0.25, 0.3) is 90.9 Å². The zero-order valence-electron chi connectivity index (χ0n) is 35.0. The number of nitrogens with zero attached hydrogens (tertiary/aromatic N) is 2. The van der Waals surface area contributed by atoms with E-state index in [2.05, 4.69) is 9.97 Å². The summed E-state index contributed by atoms with van der Waals surface area (Å²) in [6.07, 6.45) is 7.42. The molecule has 0 spiro atoms. The summed E-state index contributed by atoms with van der Waals surface area (Å²) in [6.45, 7) is 0. The summed E-state index contributed by atoms with van der Waals surface area (Å²) in [5.74, 6) is -2.16. The highest BCUT2D eigenvalue weighted by molar-refractivity contribution is 6.08. The fourth-order valence-corrected chi connectivity index (χ4v) is 8.30. The maximum atomic E-state index is 13.4. The Kier molecular flexibility index (Phi) is 10.8. The number of aromatic amines is 2. The lowest BCUT2D eigenvalue weighted by Gasteiger charge is -2.11. The Morgan fingerprint density at radius 2 is 0.562 bits per heavy atom. The van der Waals surface area contributed by atoms with Crippen LogP contribution in [0.1, 0.15) is 64.2 Å². The third kappa shape index (κ3) is 7.12. The van der Waals surface area contributed by atoms with Gasteiger partial charge in [-0.2, -0.15) is 0 Å². The second-order valence-electron chi connectivity index (χ2n) is 14.7. The highest BCUT2D eigenvalue weighted by atomic mass is 16.5. The molecule has 0 saturated carbocycles. The zero-order valence-corrected chi connectivity index (χ0v) is 35.0. The van der Waals surface area contributed by atoms with Crippen LogP contribution in [0.4, 0.5) is 0 Å². The minimum atomic E-state index is -0.541. The summed E-state index contributed by atoms with van der Waals surface area (Å²) in [7, 11) is 5.32. The number of hydrogen-bond acceptors (Lipinski definition) is 10. The molecule has 3 aromatic heterocycles. The molecular weight excluding hydrogens is 809 g/mol. The first-order chi connectivity index (χ1) is 31.2. The van der Waals surface area contributed by atoms with Crippen molar-refractivity contribution in [3.63, 3.8) is 0 Å². The summed E-state index contributed by atoms with van der Waals surface area (Å²) in [6, 6.07) is 36.0. The molecule has 0 aliphatic carbocycles. The van der Waals surface area contributed by atoms with E-state index in [-0.39, 0.29) is 0 Å². The predicted molar refractivity (Wildman–Crippen MR) is 246 cm³/mol. The number of H-pyrrole nitrogens is 2. The van der Waals surface area contributed by atoms with Crippen molar-refractivity contribution in [1.29, 1.82) is 0 Å². The molecule has 0 amide bonds. The van der Waals surface area contributed by atoms with Gasteiger partial charge in [-0.25, -0.2) is 29.1 Å². The number of rotatable bonds is 8. The topological polar surface area (TPSA) is 163 Å². The summed E-state index contributed by atoms with van der Waals surface area (Å²) in [5, 5.41) is 0. The number of hydrogen-bond donors (Lipinski definition) is 2. The molecule has 7 aromatic rings. The van der Waals surface area contributed by atoms with E-state index in [1.165, 1.54) is 28.4 Å². The summed E-state index contributed by atoms with van der Waals surface area (Å²) < 4.78 is 21.0. The lowest BCUT2D eigenvalue weighted by atomic mass is 9.98. The Hall–Kier alpha value is -8.64. The van der Waals surface area contributed by atoms with Crippen LogP contribution in [-0.2, 0) is 18.9 Å². The largest absolute Gasteiger partial charge is 0.465 e. The smallest absolute Gasteiger partial charge is 0.338 e. The highest BCUT2D eigenvalue weighted by Crippen LogP contribution is 2.41. The minimum Gasteiger partial charge on any atom is -0.465 e. The average molecular weight is 847 g/mol. The maximum Gasteiger partial charge on any atom is 0.338 e. The van der Waals surface area contributed by atoms with E-state index in [1.807, 2.05) is 97.1 Å². The second kappa shape index (κ2) is 17.0. The van der Waals surface area contributed by atoms with Crippen molar-refractivity contribution < 1.29 is 38.1 Å². The molecule has 4 aromatic carbocycles. The van der Waals surface area contributed by atoms with Crippen LogP contribution >= 0.6 is 0 Å². The highest BCUT2D eigenvalue weighted by Gasteiger charge is 2.25. The number of methoxy groups -OCH3 is 4. The van der Waals surface area contributed by atoms with Gasteiger partial charge >= 0.3 is 23.9 Å².